The monoisotopic (exact) mass is 381 g/mol. The molecule has 0 spiro atoms. The van der Waals surface area contributed by atoms with Crippen LogP contribution in [0.3, 0.4) is 0 Å². The summed E-state index contributed by atoms with van der Waals surface area (Å²) in [5.74, 6) is -12.1. The van der Waals surface area contributed by atoms with E-state index in [0.29, 0.717) is 0 Å². The summed E-state index contributed by atoms with van der Waals surface area (Å²) < 4.78 is 65.9. The lowest BCUT2D eigenvalue weighted by molar-refractivity contribution is -0.111. The van der Waals surface area contributed by atoms with Crippen molar-refractivity contribution in [3.8, 4) is 0 Å². The molecule has 0 heterocycles. The van der Waals surface area contributed by atoms with E-state index in [9.17, 15) is 26.7 Å². The van der Waals surface area contributed by atoms with E-state index in [-0.39, 0.29) is 15.6 Å². The Balaban J connectivity index is 2.30. The zero-order valence-corrected chi connectivity index (χ0v) is 13.0. The highest BCUT2D eigenvalue weighted by molar-refractivity contribution is 6.37. The number of halogens is 7. The normalized spacial score (nSPS) is 11.1. The highest BCUT2D eigenvalue weighted by Crippen LogP contribution is 2.28. The van der Waals surface area contributed by atoms with Crippen LogP contribution in [0.5, 0.6) is 0 Å². The first-order valence-corrected chi connectivity index (χ1v) is 6.94. The Morgan fingerprint density at radius 3 is 1.83 bits per heavy atom. The van der Waals surface area contributed by atoms with Crippen LogP contribution >= 0.6 is 23.2 Å². The Morgan fingerprint density at radius 2 is 1.33 bits per heavy atom. The Hall–Kier alpha value is -2.12. The van der Waals surface area contributed by atoms with Gasteiger partial charge in [-0.1, -0.05) is 29.3 Å². The molecule has 2 aromatic carbocycles. The van der Waals surface area contributed by atoms with Crippen molar-refractivity contribution in [1.29, 1.82) is 0 Å². The van der Waals surface area contributed by atoms with Crippen LogP contribution in [0.15, 0.2) is 24.3 Å². The van der Waals surface area contributed by atoms with Gasteiger partial charge in [0.1, 0.15) is 5.69 Å². The van der Waals surface area contributed by atoms with Gasteiger partial charge in [0, 0.05) is 21.7 Å². The van der Waals surface area contributed by atoms with Gasteiger partial charge in [-0.3, -0.25) is 4.79 Å². The van der Waals surface area contributed by atoms with Gasteiger partial charge in [0.25, 0.3) is 0 Å². The summed E-state index contributed by atoms with van der Waals surface area (Å²) in [6, 6.07) is 4.51. The highest BCUT2D eigenvalue weighted by atomic mass is 35.5. The van der Waals surface area contributed by atoms with E-state index in [1.54, 1.807) is 11.4 Å². The molecule has 24 heavy (non-hydrogen) atoms. The number of anilines is 1. The number of rotatable bonds is 3. The largest absolute Gasteiger partial charge is 0.317 e. The maximum atomic E-state index is 13.5. The fourth-order valence-electron chi connectivity index (χ4n) is 1.71. The third kappa shape index (κ3) is 3.52. The van der Waals surface area contributed by atoms with Crippen molar-refractivity contribution in [2.24, 2.45) is 0 Å². The summed E-state index contributed by atoms with van der Waals surface area (Å²) >= 11 is 11.7. The van der Waals surface area contributed by atoms with Gasteiger partial charge < -0.3 is 5.32 Å². The van der Waals surface area contributed by atoms with Crippen molar-refractivity contribution in [1.82, 2.24) is 0 Å². The second-order valence-corrected chi connectivity index (χ2v) is 5.22. The second kappa shape index (κ2) is 7.19. The Morgan fingerprint density at radius 1 is 0.875 bits per heavy atom. The number of carbonyl (C=O) groups excluding carboxylic acids is 1. The summed E-state index contributed by atoms with van der Waals surface area (Å²) in [6.45, 7) is 0. The molecule has 0 aliphatic rings. The number of carbonyl (C=O) groups is 1. The molecule has 2 nitrogen and oxygen atoms in total. The molecular weight excluding hydrogens is 376 g/mol. The van der Waals surface area contributed by atoms with Crippen LogP contribution in [0.25, 0.3) is 6.08 Å². The van der Waals surface area contributed by atoms with E-state index >= 15 is 0 Å². The number of hydrogen-bond acceptors (Lipinski definition) is 1. The number of nitrogens with one attached hydrogen (secondary N) is 1. The zero-order chi connectivity index (χ0) is 18.0. The van der Waals surface area contributed by atoms with E-state index in [0.717, 1.165) is 12.2 Å². The molecule has 0 unspecified atom stereocenters. The minimum absolute atomic E-state index is 0.197. The third-order valence-electron chi connectivity index (χ3n) is 2.86. The molecule has 0 radical (unpaired) electrons. The third-order valence-corrected chi connectivity index (χ3v) is 3.52. The lowest BCUT2D eigenvalue weighted by atomic mass is 10.2. The van der Waals surface area contributed by atoms with Crippen LogP contribution in [0, 0.1) is 29.1 Å². The smallest absolute Gasteiger partial charge is 0.248 e. The SMILES string of the molecule is O=C(/C=C/c1c(Cl)cccc1Cl)Nc1c(F)c(F)c(F)c(F)c1F. The lowest BCUT2D eigenvalue weighted by Gasteiger charge is -2.08. The average molecular weight is 382 g/mol. The molecule has 0 aromatic heterocycles. The highest BCUT2D eigenvalue weighted by Gasteiger charge is 2.26. The number of hydrogen-bond donors (Lipinski definition) is 1. The predicted octanol–water partition coefficient (Wildman–Crippen LogP) is 5.34. The van der Waals surface area contributed by atoms with Gasteiger partial charge >= 0.3 is 0 Å². The fourth-order valence-corrected chi connectivity index (χ4v) is 2.23. The fraction of sp³-hybridized carbons (Fsp3) is 0. The van der Waals surface area contributed by atoms with Crippen LogP contribution in [-0.4, -0.2) is 5.91 Å². The Kier molecular flexibility index (Phi) is 5.46. The quantitative estimate of drug-likeness (QED) is 0.330. The molecule has 1 amide bonds. The second-order valence-electron chi connectivity index (χ2n) is 4.40. The molecule has 9 heteroatoms. The standard InChI is InChI=1S/C15H6Cl2F5NO/c16-7-2-1-3-8(17)6(7)4-5-9(24)23-15-13(21)11(19)10(18)12(20)14(15)22/h1-5H,(H,23,24)/b5-4+. The summed E-state index contributed by atoms with van der Waals surface area (Å²) in [6.07, 6.45) is 1.91. The Bertz CT molecular complexity index is 805. The molecule has 0 atom stereocenters. The molecule has 2 rings (SSSR count). The minimum atomic E-state index is -2.32. The lowest BCUT2D eigenvalue weighted by Crippen LogP contribution is -2.14. The maximum Gasteiger partial charge on any atom is 0.248 e. The molecule has 2 aromatic rings. The van der Waals surface area contributed by atoms with Crippen LogP contribution in [-0.2, 0) is 4.79 Å². The molecule has 0 aliphatic carbocycles. The van der Waals surface area contributed by atoms with Crippen molar-refractivity contribution in [2.45, 2.75) is 0 Å². The topological polar surface area (TPSA) is 29.1 Å². The first-order chi connectivity index (χ1) is 11.2. The van der Waals surface area contributed by atoms with Crippen molar-refractivity contribution in [3.05, 3.63) is 69.0 Å². The zero-order valence-electron chi connectivity index (χ0n) is 11.4. The average Bonchev–Trinajstić information content (AvgIpc) is 2.54. The summed E-state index contributed by atoms with van der Waals surface area (Å²) in [7, 11) is 0. The van der Waals surface area contributed by atoms with Gasteiger partial charge in [-0.2, -0.15) is 0 Å². The number of benzene rings is 2. The van der Waals surface area contributed by atoms with Gasteiger partial charge in [0.2, 0.25) is 11.7 Å². The molecular formula is C15H6Cl2F5NO. The summed E-state index contributed by atoms with van der Waals surface area (Å²) in [5.41, 5.74) is -1.21. The number of amides is 1. The van der Waals surface area contributed by atoms with Gasteiger partial charge in [-0.15, -0.1) is 0 Å². The van der Waals surface area contributed by atoms with Crippen LogP contribution in [0.2, 0.25) is 10.0 Å². The maximum absolute atomic E-state index is 13.5. The molecule has 0 saturated carbocycles. The van der Waals surface area contributed by atoms with Gasteiger partial charge in [0.15, 0.2) is 23.3 Å². The van der Waals surface area contributed by atoms with E-state index < -0.39 is 40.7 Å². The van der Waals surface area contributed by atoms with Crippen molar-refractivity contribution in [2.75, 3.05) is 5.32 Å². The van der Waals surface area contributed by atoms with E-state index in [1.807, 2.05) is 0 Å². The van der Waals surface area contributed by atoms with Gasteiger partial charge in [-0.05, 0) is 18.2 Å². The Labute approximate surface area is 142 Å². The first kappa shape index (κ1) is 18.2. The molecule has 126 valence electrons. The van der Waals surface area contributed by atoms with Crippen LogP contribution < -0.4 is 5.32 Å². The minimum Gasteiger partial charge on any atom is -0.317 e. The van der Waals surface area contributed by atoms with Crippen molar-refractivity contribution in [3.63, 3.8) is 0 Å². The van der Waals surface area contributed by atoms with Crippen LogP contribution in [0.1, 0.15) is 5.56 Å². The van der Waals surface area contributed by atoms with E-state index in [4.69, 9.17) is 23.2 Å². The predicted molar refractivity (Wildman–Crippen MR) is 80.4 cm³/mol. The van der Waals surface area contributed by atoms with Crippen molar-refractivity contribution < 1.29 is 26.7 Å². The van der Waals surface area contributed by atoms with Gasteiger partial charge in [-0.25, -0.2) is 22.0 Å². The molecule has 1 N–H and O–H groups in total. The molecule has 0 saturated heterocycles. The van der Waals surface area contributed by atoms with E-state index in [2.05, 4.69) is 0 Å². The van der Waals surface area contributed by atoms with Gasteiger partial charge in [0.05, 0.1) is 0 Å². The van der Waals surface area contributed by atoms with E-state index in [1.165, 1.54) is 12.1 Å². The molecule has 0 aliphatic heterocycles. The summed E-state index contributed by atoms with van der Waals surface area (Å²) in [4.78, 5) is 11.7. The summed E-state index contributed by atoms with van der Waals surface area (Å²) in [5, 5.41) is 1.98. The van der Waals surface area contributed by atoms with Crippen LogP contribution in [0.4, 0.5) is 27.6 Å². The van der Waals surface area contributed by atoms with Crippen molar-refractivity contribution >= 4 is 40.9 Å². The molecule has 0 bridgehead atoms. The first-order valence-electron chi connectivity index (χ1n) is 6.18. The molecule has 0 fully saturated rings.